The van der Waals surface area contributed by atoms with Crippen molar-refractivity contribution in [3.8, 4) is 5.75 Å². The number of hydrogen-bond acceptors (Lipinski definition) is 3. The van der Waals surface area contributed by atoms with Gasteiger partial charge >= 0.3 is 0 Å². The molecule has 3 aromatic carbocycles. The maximum absolute atomic E-state index is 11.8. The number of amides is 1. The Morgan fingerprint density at radius 2 is 1.79 bits per heavy atom. The van der Waals surface area contributed by atoms with E-state index in [0.29, 0.717) is 10.8 Å². The van der Waals surface area contributed by atoms with Crippen LogP contribution in [0.3, 0.4) is 0 Å². The predicted octanol–water partition coefficient (Wildman–Crippen LogP) is 4.02. The molecule has 1 amide bonds. The molecule has 24 heavy (non-hydrogen) atoms. The van der Waals surface area contributed by atoms with Gasteiger partial charge in [0, 0.05) is 10.6 Å². The molecule has 0 bridgehead atoms. The van der Waals surface area contributed by atoms with E-state index in [-0.39, 0.29) is 12.5 Å². The van der Waals surface area contributed by atoms with E-state index < -0.39 is 0 Å². The monoisotopic (exact) mass is 338 g/mol. The number of carbonyl (C=O) groups excluding carboxylic acids is 1. The fourth-order valence-electron chi connectivity index (χ4n) is 2.19. The fourth-order valence-corrected chi connectivity index (χ4v) is 2.38. The molecule has 0 aliphatic heterocycles. The summed E-state index contributed by atoms with van der Waals surface area (Å²) in [5.74, 6) is 0.297. The molecule has 1 N–H and O–H groups in total. The largest absolute Gasteiger partial charge is 0.484 e. The second-order valence-corrected chi connectivity index (χ2v) is 5.52. The zero-order valence-corrected chi connectivity index (χ0v) is 13.5. The lowest BCUT2D eigenvalue weighted by Gasteiger charge is -2.06. The van der Waals surface area contributed by atoms with E-state index >= 15 is 0 Å². The van der Waals surface area contributed by atoms with E-state index in [1.807, 2.05) is 60.7 Å². The number of hydrogen-bond donors (Lipinski definition) is 1. The minimum absolute atomic E-state index is 0.113. The van der Waals surface area contributed by atoms with Gasteiger partial charge in [-0.3, -0.25) is 4.79 Å². The lowest BCUT2D eigenvalue weighted by Crippen LogP contribution is -2.24. The number of benzene rings is 3. The molecule has 3 rings (SSSR count). The number of fused-ring (bicyclic) bond motifs is 1. The van der Waals surface area contributed by atoms with Crippen LogP contribution in [-0.4, -0.2) is 18.7 Å². The summed E-state index contributed by atoms with van der Waals surface area (Å²) in [7, 11) is 0. The number of nitrogens with one attached hydrogen (secondary N) is 1. The number of hydrazone groups is 1. The van der Waals surface area contributed by atoms with Gasteiger partial charge in [-0.2, -0.15) is 5.10 Å². The van der Waals surface area contributed by atoms with E-state index in [4.69, 9.17) is 16.3 Å². The van der Waals surface area contributed by atoms with Gasteiger partial charge in [0.2, 0.25) is 0 Å². The second kappa shape index (κ2) is 7.62. The van der Waals surface area contributed by atoms with Crippen LogP contribution < -0.4 is 10.2 Å². The molecule has 0 saturated heterocycles. The SMILES string of the molecule is O=C(COc1ccc2ccccc2c1)N/N=C/c1ccccc1Cl. The van der Waals surface area contributed by atoms with Crippen LogP contribution in [0.5, 0.6) is 5.75 Å². The van der Waals surface area contributed by atoms with Crippen molar-refractivity contribution < 1.29 is 9.53 Å². The van der Waals surface area contributed by atoms with Gasteiger partial charge in [0.15, 0.2) is 6.61 Å². The Morgan fingerprint density at radius 1 is 1.04 bits per heavy atom. The molecule has 5 heteroatoms. The van der Waals surface area contributed by atoms with Crippen LogP contribution in [0.2, 0.25) is 5.02 Å². The molecule has 120 valence electrons. The zero-order chi connectivity index (χ0) is 16.8. The minimum atomic E-state index is -0.341. The van der Waals surface area contributed by atoms with Crippen molar-refractivity contribution in [3.63, 3.8) is 0 Å². The van der Waals surface area contributed by atoms with Crippen molar-refractivity contribution in [2.75, 3.05) is 6.61 Å². The van der Waals surface area contributed by atoms with Crippen molar-refractivity contribution in [1.82, 2.24) is 5.43 Å². The molecular weight excluding hydrogens is 324 g/mol. The molecule has 0 aromatic heterocycles. The van der Waals surface area contributed by atoms with Gasteiger partial charge in [-0.05, 0) is 29.0 Å². The van der Waals surface area contributed by atoms with Crippen molar-refractivity contribution >= 4 is 34.5 Å². The molecule has 0 saturated carbocycles. The first-order chi connectivity index (χ1) is 11.7. The third-order valence-corrected chi connectivity index (χ3v) is 3.73. The smallest absolute Gasteiger partial charge is 0.277 e. The average molecular weight is 339 g/mol. The Hall–Kier alpha value is -2.85. The number of rotatable bonds is 5. The molecule has 0 atom stereocenters. The highest BCUT2D eigenvalue weighted by Crippen LogP contribution is 2.20. The molecule has 3 aromatic rings. The molecule has 0 aliphatic carbocycles. The van der Waals surface area contributed by atoms with E-state index in [2.05, 4.69) is 10.5 Å². The summed E-state index contributed by atoms with van der Waals surface area (Å²) < 4.78 is 5.49. The first kappa shape index (κ1) is 16.0. The summed E-state index contributed by atoms with van der Waals surface area (Å²) >= 11 is 6.00. The van der Waals surface area contributed by atoms with E-state index in [9.17, 15) is 4.79 Å². The van der Waals surface area contributed by atoms with Crippen LogP contribution in [0.15, 0.2) is 71.8 Å². The maximum atomic E-state index is 11.8. The Morgan fingerprint density at radius 3 is 2.62 bits per heavy atom. The predicted molar refractivity (Wildman–Crippen MR) is 96.6 cm³/mol. The van der Waals surface area contributed by atoms with Gasteiger partial charge in [0.25, 0.3) is 5.91 Å². The highest BCUT2D eigenvalue weighted by atomic mass is 35.5. The molecule has 0 heterocycles. The highest BCUT2D eigenvalue weighted by molar-refractivity contribution is 6.33. The minimum Gasteiger partial charge on any atom is -0.484 e. The van der Waals surface area contributed by atoms with Crippen LogP contribution >= 0.6 is 11.6 Å². The normalized spacial score (nSPS) is 10.9. The summed E-state index contributed by atoms with van der Waals surface area (Å²) in [5.41, 5.74) is 3.14. The highest BCUT2D eigenvalue weighted by Gasteiger charge is 2.02. The van der Waals surface area contributed by atoms with Gasteiger partial charge in [0.05, 0.1) is 6.21 Å². The van der Waals surface area contributed by atoms with Crippen LogP contribution in [0.4, 0.5) is 0 Å². The van der Waals surface area contributed by atoms with Crippen molar-refractivity contribution in [2.24, 2.45) is 5.10 Å². The Bertz CT molecular complexity index is 893. The molecule has 0 aliphatic rings. The third-order valence-electron chi connectivity index (χ3n) is 3.39. The quantitative estimate of drug-likeness (QED) is 0.564. The average Bonchev–Trinajstić information content (AvgIpc) is 2.61. The van der Waals surface area contributed by atoms with Gasteiger partial charge in [-0.1, -0.05) is 60.1 Å². The number of nitrogens with zero attached hydrogens (tertiary/aromatic N) is 1. The van der Waals surface area contributed by atoms with Crippen molar-refractivity contribution in [1.29, 1.82) is 0 Å². The van der Waals surface area contributed by atoms with Crippen LogP contribution in [0.1, 0.15) is 5.56 Å². The maximum Gasteiger partial charge on any atom is 0.277 e. The Labute approximate surface area is 144 Å². The van der Waals surface area contributed by atoms with Gasteiger partial charge in [-0.15, -0.1) is 0 Å². The van der Waals surface area contributed by atoms with Gasteiger partial charge in [-0.25, -0.2) is 5.43 Å². The molecular formula is C19H15ClN2O2. The standard InChI is InChI=1S/C19H15ClN2O2/c20-18-8-4-3-7-16(18)12-21-22-19(23)13-24-17-10-9-14-5-1-2-6-15(14)11-17/h1-12H,13H2,(H,22,23)/b21-12+. The topological polar surface area (TPSA) is 50.7 Å². The van der Waals surface area contributed by atoms with Crippen LogP contribution in [0.25, 0.3) is 10.8 Å². The van der Waals surface area contributed by atoms with E-state index in [1.54, 1.807) is 6.07 Å². The van der Waals surface area contributed by atoms with Gasteiger partial charge in [0.1, 0.15) is 5.75 Å². The Balaban J connectivity index is 1.54. The number of carbonyl (C=O) groups is 1. The van der Waals surface area contributed by atoms with E-state index in [0.717, 1.165) is 16.3 Å². The second-order valence-electron chi connectivity index (χ2n) is 5.11. The van der Waals surface area contributed by atoms with Gasteiger partial charge < -0.3 is 4.74 Å². The van der Waals surface area contributed by atoms with Crippen LogP contribution in [0, 0.1) is 0 Å². The Kier molecular flexibility index (Phi) is 5.08. The summed E-state index contributed by atoms with van der Waals surface area (Å²) in [6, 6.07) is 20.9. The van der Waals surface area contributed by atoms with Crippen molar-refractivity contribution in [3.05, 3.63) is 77.3 Å². The molecule has 0 unspecified atom stereocenters. The fraction of sp³-hybridized carbons (Fsp3) is 0.0526. The number of halogens is 1. The summed E-state index contributed by atoms with van der Waals surface area (Å²) in [5, 5.41) is 6.63. The van der Waals surface area contributed by atoms with Crippen molar-refractivity contribution in [2.45, 2.75) is 0 Å². The number of ether oxygens (including phenoxy) is 1. The van der Waals surface area contributed by atoms with E-state index in [1.165, 1.54) is 6.21 Å². The molecule has 4 nitrogen and oxygen atoms in total. The summed E-state index contributed by atoms with van der Waals surface area (Å²) in [4.78, 5) is 11.8. The molecule has 0 radical (unpaired) electrons. The summed E-state index contributed by atoms with van der Waals surface area (Å²) in [6.45, 7) is -0.113. The lowest BCUT2D eigenvalue weighted by atomic mass is 10.1. The molecule has 0 fully saturated rings. The first-order valence-corrected chi connectivity index (χ1v) is 7.78. The van der Waals surface area contributed by atoms with Crippen LogP contribution in [-0.2, 0) is 4.79 Å². The lowest BCUT2D eigenvalue weighted by molar-refractivity contribution is -0.123. The summed E-state index contributed by atoms with van der Waals surface area (Å²) in [6.07, 6.45) is 1.50. The first-order valence-electron chi connectivity index (χ1n) is 7.40. The third kappa shape index (κ3) is 4.12. The molecule has 0 spiro atoms. The zero-order valence-electron chi connectivity index (χ0n) is 12.8.